The van der Waals surface area contributed by atoms with E-state index in [2.05, 4.69) is 24.1 Å². The van der Waals surface area contributed by atoms with Crippen molar-refractivity contribution in [3.63, 3.8) is 0 Å². The quantitative estimate of drug-likeness (QED) is 0.222. The van der Waals surface area contributed by atoms with Gasteiger partial charge in [0.25, 0.3) is 11.8 Å². The van der Waals surface area contributed by atoms with E-state index in [-0.39, 0.29) is 35.6 Å². The lowest BCUT2D eigenvalue weighted by Crippen LogP contribution is -2.65. The van der Waals surface area contributed by atoms with Crippen LogP contribution in [-0.4, -0.2) is 106 Å². The van der Waals surface area contributed by atoms with Gasteiger partial charge < -0.3 is 36.4 Å². The topological polar surface area (TPSA) is 194 Å². The molecule has 0 aliphatic heterocycles. The van der Waals surface area contributed by atoms with Crippen LogP contribution in [0.15, 0.2) is 53.3 Å². The second-order valence-electron chi connectivity index (χ2n) is 12.3. The van der Waals surface area contributed by atoms with Gasteiger partial charge in [-0.1, -0.05) is 32.0 Å². The smallest absolute Gasteiger partial charge is 0.255 e. The number of hydrogen-bond acceptors (Lipinski definition) is 10. The van der Waals surface area contributed by atoms with E-state index in [1.54, 1.807) is 44.4 Å². The summed E-state index contributed by atoms with van der Waals surface area (Å²) in [6, 6.07) is 8.83. The zero-order chi connectivity index (χ0) is 33.7. The van der Waals surface area contributed by atoms with E-state index >= 15 is 0 Å². The lowest BCUT2D eigenvalue weighted by Gasteiger charge is -2.50. The molecule has 2 amide bonds. The summed E-state index contributed by atoms with van der Waals surface area (Å²) in [4.78, 5) is 56.3. The average Bonchev–Trinajstić information content (AvgIpc) is 3.01. The summed E-state index contributed by atoms with van der Waals surface area (Å²) >= 11 is 0. The second-order valence-corrected chi connectivity index (χ2v) is 12.3. The summed E-state index contributed by atoms with van der Waals surface area (Å²) < 4.78 is 0. The molecule has 0 bridgehead atoms. The zero-order valence-corrected chi connectivity index (χ0v) is 26.3. The molecule has 3 aliphatic rings. The molecule has 0 unspecified atom stereocenters. The molecule has 3 aliphatic carbocycles. The van der Waals surface area contributed by atoms with Crippen molar-refractivity contribution in [3.05, 3.63) is 70.0 Å². The molecule has 46 heavy (non-hydrogen) atoms. The number of phenols is 1. The van der Waals surface area contributed by atoms with E-state index in [4.69, 9.17) is 5.73 Å². The van der Waals surface area contributed by atoms with Crippen molar-refractivity contribution in [1.29, 1.82) is 0 Å². The van der Waals surface area contributed by atoms with Crippen LogP contribution < -0.4 is 11.1 Å². The number of fused-ring (bicyclic) bond motifs is 3. The van der Waals surface area contributed by atoms with Crippen LogP contribution in [0.2, 0.25) is 0 Å². The van der Waals surface area contributed by atoms with Gasteiger partial charge in [0.05, 0.1) is 11.6 Å². The Bertz CT molecular complexity index is 1690. The number of aliphatic hydroxyl groups excluding tert-OH is 2. The molecule has 0 radical (unpaired) electrons. The van der Waals surface area contributed by atoms with Crippen molar-refractivity contribution in [2.45, 2.75) is 38.3 Å². The van der Waals surface area contributed by atoms with Gasteiger partial charge in [-0.25, -0.2) is 0 Å². The lowest BCUT2D eigenvalue weighted by atomic mass is 9.57. The highest BCUT2D eigenvalue weighted by molar-refractivity contribution is 6.24. The van der Waals surface area contributed by atoms with E-state index in [0.717, 1.165) is 13.1 Å². The number of hydrogen-bond donors (Lipinski definition) is 6. The number of Topliss-reactive ketones (excluding diaryl/α,β-unsaturated/α-hetero) is 2. The molecule has 1 saturated carbocycles. The van der Waals surface area contributed by atoms with Crippen LogP contribution in [0.4, 0.5) is 0 Å². The highest BCUT2D eigenvalue weighted by Gasteiger charge is 2.64. The number of carbonyl (C=O) groups is 4. The fourth-order valence-corrected chi connectivity index (χ4v) is 7.31. The molecule has 0 aromatic heterocycles. The monoisotopic (exact) mass is 632 g/mol. The maximum Gasteiger partial charge on any atom is 0.255 e. The molecule has 12 nitrogen and oxygen atoms in total. The van der Waals surface area contributed by atoms with Gasteiger partial charge in [-0.15, -0.1) is 0 Å². The molecule has 2 aromatic carbocycles. The Morgan fingerprint density at radius 2 is 1.76 bits per heavy atom. The molecule has 2 aromatic rings. The fourth-order valence-electron chi connectivity index (χ4n) is 7.31. The summed E-state index contributed by atoms with van der Waals surface area (Å²) in [5.74, 6) is -7.30. The van der Waals surface area contributed by atoms with Gasteiger partial charge in [0.15, 0.2) is 11.4 Å². The molecular formula is C34H40N4O8. The van der Waals surface area contributed by atoms with Crippen LogP contribution in [0.3, 0.4) is 0 Å². The third-order valence-electron chi connectivity index (χ3n) is 9.65. The molecule has 7 N–H and O–H groups in total. The van der Waals surface area contributed by atoms with Crippen LogP contribution in [-0.2, 0) is 20.8 Å². The molecule has 0 heterocycles. The number of aliphatic hydroxyl groups is 3. The van der Waals surface area contributed by atoms with E-state index in [0.29, 0.717) is 35.3 Å². The first-order valence-electron chi connectivity index (χ1n) is 15.4. The third-order valence-corrected chi connectivity index (χ3v) is 9.65. The van der Waals surface area contributed by atoms with Crippen molar-refractivity contribution in [2.75, 3.05) is 40.3 Å². The summed E-state index contributed by atoms with van der Waals surface area (Å²) in [7, 11) is 3.10. The van der Waals surface area contributed by atoms with Gasteiger partial charge in [-0.2, -0.15) is 0 Å². The molecule has 0 spiro atoms. The molecule has 5 rings (SSSR count). The number of nitrogens with two attached hydrogens (primary N) is 1. The first-order valence-corrected chi connectivity index (χ1v) is 15.4. The number of amides is 2. The number of aromatic hydroxyl groups is 1. The predicted octanol–water partition coefficient (Wildman–Crippen LogP) is 1.70. The van der Waals surface area contributed by atoms with Crippen molar-refractivity contribution >= 4 is 29.1 Å². The first kappa shape index (κ1) is 32.9. The predicted molar refractivity (Wildman–Crippen MR) is 170 cm³/mol. The number of rotatable bonds is 9. The summed E-state index contributed by atoms with van der Waals surface area (Å²) in [6.07, 6.45) is 0.119. The minimum atomic E-state index is -2.70. The third kappa shape index (κ3) is 5.16. The number of nitrogens with one attached hydrogen (secondary N) is 1. The fraction of sp³-hybridized carbons (Fsp3) is 0.412. The Hall–Kier alpha value is -4.52. The Balaban J connectivity index is 1.57. The maximum absolute atomic E-state index is 14.1. The number of nitrogens with zero attached hydrogens (tertiary/aromatic N) is 2. The lowest BCUT2D eigenvalue weighted by molar-refractivity contribution is -0.153. The van der Waals surface area contributed by atoms with Gasteiger partial charge in [-0.05, 0) is 80.8 Å². The highest BCUT2D eigenvalue weighted by Crippen LogP contribution is 2.53. The van der Waals surface area contributed by atoms with E-state index in [9.17, 15) is 39.6 Å². The zero-order valence-electron chi connectivity index (χ0n) is 26.3. The second kappa shape index (κ2) is 12.3. The van der Waals surface area contributed by atoms with Crippen molar-refractivity contribution in [1.82, 2.24) is 15.1 Å². The van der Waals surface area contributed by atoms with Crippen molar-refractivity contribution in [3.8, 4) is 16.9 Å². The summed E-state index contributed by atoms with van der Waals surface area (Å²) in [6.45, 7) is 7.06. The van der Waals surface area contributed by atoms with Gasteiger partial charge in [0.2, 0.25) is 5.78 Å². The largest absolute Gasteiger partial charge is 0.508 e. The Labute approximate surface area is 266 Å². The number of benzene rings is 2. The molecule has 244 valence electrons. The molecule has 12 heteroatoms. The number of primary amides is 1. The van der Waals surface area contributed by atoms with E-state index in [1.165, 1.54) is 11.0 Å². The molecule has 0 saturated heterocycles. The van der Waals surface area contributed by atoms with Crippen LogP contribution in [0.5, 0.6) is 5.75 Å². The Morgan fingerprint density at radius 3 is 2.39 bits per heavy atom. The standard InChI is InChI=1S/C34H40N4O8/c1-5-38(6-2)13-12-36-33(45)18-9-7-8-17(14-18)20-10-11-23(39)25-21(20)15-19-16-22-27(37(3)4)29(41)26(32(35)44)31(43)34(22,46)30(42)24(19)28(25)40/h7-11,14,19,22,27,39-40,43,46H,5-6,12-13,15-16H2,1-4H3,(H2,35,44)(H,36,45)/t19-,22-,27+,34-/m0/s1. The van der Waals surface area contributed by atoms with Crippen LogP contribution >= 0.6 is 0 Å². The van der Waals surface area contributed by atoms with Gasteiger partial charge in [0, 0.05) is 30.1 Å². The van der Waals surface area contributed by atoms with Gasteiger partial charge >= 0.3 is 0 Å². The minimum Gasteiger partial charge on any atom is -0.508 e. The van der Waals surface area contributed by atoms with Crippen LogP contribution in [0.1, 0.15) is 41.8 Å². The number of phenolic OH excluding ortho intramolecular Hbond substituents is 1. The van der Waals surface area contributed by atoms with E-state index < -0.39 is 58.0 Å². The van der Waals surface area contributed by atoms with Gasteiger partial charge in [-0.3, -0.25) is 24.1 Å². The number of carbonyl (C=O) groups excluding carboxylic acids is 4. The molecule has 1 fully saturated rings. The summed E-state index contributed by atoms with van der Waals surface area (Å²) in [5, 5.41) is 48.2. The number of ketones is 2. The Morgan fingerprint density at radius 1 is 1.07 bits per heavy atom. The van der Waals surface area contributed by atoms with Crippen molar-refractivity contribution < 1.29 is 39.6 Å². The number of likely N-dealkylation sites (N-methyl/N-ethyl adjacent to an activating group) is 2. The summed E-state index contributed by atoms with van der Waals surface area (Å²) in [5.41, 5.74) is 3.80. The molecular weight excluding hydrogens is 592 g/mol. The SMILES string of the molecule is CCN(CC)CCNC(=O)c1cccc(-c2ccc(O)c3c2C[C@H]2C[C@H]4[C@@H](N(C)C)C(=O)C(C(N)=O)=C(O)[C@@]4(O)C(=O)C2=C3O)c1. The van der Waals surface area contributed by atoms with Gasteiger partial charge in [0.1, 0.15) is 22.8 Å². The normalized spacial score (nSPS) is 24.2. The average molecular weight is 633 g/mol. The highest BCUT2D eigenvalue weighted by atomic mass is 16.3. The van der Waals surface area contributed by atoms with E-state index in [1.807, 2.05) is 0 Å². The minimum absolute atomic E-state index is 0.0112. The Kier molecular flexibility index (Phi) is 8.82. The first-order chi connectivity index (χ1) is 21.8. The molecule has 4 atom stereocenters. The maximum atomic E-state index is 14.1. The van der Waals surface area contributed by atoms with Crippen LogP contribution in [0, 0.1) is 11.8 Å². The van der Waals surface area contributed by atoms with Crippen LogP contribution in [0.25, 0.3) is 16.9 Å². The van der Waals surface area contributed by atoms with Crippen molar-refractivity contribution in [2.24, 2.45) is 17.6 Å².